The zero-order valence-corrected chi connectivity index (χ0v) is 13.8. The number of benzene rings is 1. The molecule has 1 amide bonds. The first kappa shape index (κ1) is 17.0. The molecule has 4 nitrogen and oxygen atoms in total. The molecule has 0 atom stereocenters. The second kappa shape index (κ2) is 6.84. The van der Waals surface area contributed by atoms with Gasteiger partial charge in [0, 0.05) is 24.2 Å². The molecular formula is C16H22ClFN2O2. The van der Waals surface area contributed by atoms with Crippen molar-refractivity contribution in [2.24, 2.45) is 0 Å². The highest BCUT2D eigenvalue weighted by Gasteiger charge is 2.31. The minimum atomic E-state index is -0.490. The second-order valence-corrected chi connectivity index (χ2v) is 7.01. The lowest BCUT2D eigenvalue weighted by atomic mass is 9.86. The number of hydrogen-bond donors (Lipinski definition) is 2. The maximum absolute atomic E-state index is 13.7. The first-order valence-corrected chi connectivity index (χ1v) is 7.78. The number of rotatable bonds is 4. The van der Waals surface area contributed by atoms with E-state index in [9.17, 15) is 9.18 Å². The Labute approximate surface area is 135 Å². The average Bonchev–Trinajstić information content (AvgIpc) is 2.34. The summed E-state index contributed by atoms with van der Waals surface area (Å²) in [6.45, 7) is 5.92. The summed E-state index contributed by atoms with van der Waals surface area (Å²) in [7, 11) is 0. The van der Waals surface area contributed by atoms with Crippen molar-refractivity contribution in [1.82, 2.24) is 10.6 Å². The van der Waals surface area contributed by atoms with E-state index in [2.05, 4.69) is 10.6 Å². The standard InChI is InChI=1S/C16H22ClFN2O2/c1-16(2,3)22-15(21)20-12-7-11(8-12)19-9-10-5-4-6-13(17)14(10)18/h4-6,11-12,19H,7-9H2,1-3H3,(H,20,21). The zero-order chi connectivity index (χ0) is 16.3. The first-order valence-electron chi connectivity index (χ1n) is 7.40. The number of hydrogen-bond acceptors (Lipinski definition) is 3. The van der Waals surface area contributed by atoms with Crippen LogP contribution in [0.4, 0.5) is 9.18 Å². The second-order valence-electron chi connectivity index (χ2n) is 6.61. The molecule has 0 radical (unpaired) electrons. The van der Waals surface area contributed by atoms with Gasteiger partial charge >= 0.3 is 6.09 Å². The van der Waals surface area contributed by atoms with E-state index in [0.29, 0.717) is 12.1 Å². The lowest BCUT2D eigenvalue weighted by molar-refractivity contribution is 0.0465. The van der Waals surface area contributed by atoms with E-state index in [1.165, 1.54) is 6.07 Å². The summed E-state index contributed by atoms with van der Waals surface area (Å²) in [5, 5.41) is 6.23. The molecule has 1 aromatic rings. The Bertz CT molecular complexity index is 539. The summed E-state index contributed by atoms with van der Waals surface area (Å²) in [5.74, 6) is -0.376. The normalized spacial score (nSPS) is 21.1. The van der Waals surface area contributed by atoms with Crippen LogP contribution < -0.4 is 10.6 Å². The Kier molecular flexibility index (Phi) is 5.29. The minimum Gasteiger partial charge on any atom is -0.444 e. The van der Waals surface area contributed by atoms with Crippen LogP contribution in [0, 0.1) is 5.82 Å². The quantitative estimate of drug-likeness (QED) is 0.887. The minimum absolute atomic E-state index is 0.108. The molecule has 0 heterocycles. The SMILES string of the molecule is CC(C)(C)OC(=O)NC1CC(NCc2cccc(Cl)c2F)C1. The third-order valence-corrected chi connectivity index (χ3v) is 3.76. The van der Waals surface area contributed by atoms with Crippen LogP contribution in [-0.2, 0) is 11.3 Å². The van der Waals surface area contributed by atoms with Crippen molar-refractivity contribution >= 4 is 17.7 Å². The summed E-state index contributed by atoms with van der Waals surface area (Å²) < 4.78 is 18.9. The molecule has 0 spiro atoms. The summed E-state index contributed by atoms with van der Waals surface area (Å²) in [6, 6.07) is 5.35. The lowest BCUT2D eigenvalue weighted by Crippen LogP contribution is -2.53. The van der Waals surface area contributed by atoms with E-state index in [0.717, 1.165) is 12.8 Å². The Morgan fingerprint density at radius 3 is 2.68 bits per heavy atom. The number of ether oxygens (including phenoxy) is 1. The number of alkyl carbamates (subject to hydrolysis) is 1. The Morgan fingerprint density at radius 2 is 2.05 bits per heavy atom. The highest BCUT2D eigenvalue weighted by Crippen LogP contribution is 2.22. The lowest BCUT2D eigenvalue weighted by Gasteiger charge is -2.36. The van der Waals surface area contributed by atoms with Gasteiger partial charge in [-0.2, -0.15) is 0 Å². The van der Waals surface area contributed by atoms with E-state index < -0.39 is 11.7 Å². The number of carbonyl (C=O) groups is 1. The van der Waals surface area contributed by atoms with Crippen LogP contribution in [0.15, 0.2) is 18.2 Å². The summed E-state index contributed by atoms with van der Waals surface area (Å²) in [5.41, 5.74) is 0.0614. The van der Waals surface area contributed by atoms with E-state index >= 15 is 0 Å². The van der Waals surface area contributed by atoms with Crippen molar-refractivity contribution in [2.45, 2.75) is 57.8 Å². The third kappa shape index (κ3) is 4.85. The maximum Gasteiger partial charge on any atom is 0.407 e. The number of nitrogens with one attached hydrogen (secondary N) is 2. The highest BCUT2D eigenvalue weighted by atomic mass is 35.5. The van der Waals surface area contributed by atoms with Crippen LogP contribution in [-0.4, -0.2) is 23.8 Å². The monoisotopic (exact) mass is 328 g/mol. The van der Waals surface area contributed by atoms with E-state index in [1.54, 1.807) is 12.1 Å². The van der Waals surface area contributed by atoms with Crippen molar-refractivity contribution in [3.63, 3.8) is 0 Å². The van der Waals surface area contributed by atoms with Gasteiger partial charge in [-0.05, 0) is 39.7 Å². The number of carbonyl (C=O) groups excluding carboxylic acids is 1. The van der Waals surface area contributed by atoms with Crippen LogP contribution in [0.2, 0.25) is 5.02 Å². The zero-order valence-electron chi connectivity index (χ0n) is 13.1. The molecular weight excluding hydrogens is 307 g/mol. The van der Waals surface area contributed by atoms with Crippen LogP contribution in [0.1, 0.15) is 39.2 Å². The Morgan fingerprint density at radius 1 is 1.36 bits per heavy atom. The number of amides is 1. The molecule has 1 fully saturated rings. The topological polar surface area (TPSA) is 50.4 Å². The molecule has 2 rings (SSSR count). The molecule has 122 valence electrons. The maximum atomic E-state index is 13.7. The van der Waals surface area contributed by atoms with Crippen molar-refractivity contribution in [3.8, 4) is 0 Å². The highest BCUT2D eigenvalue weighted by molar-refractivity contribution is 6.30. The van der Waals surface area contributed by atoms with Gasteiger partial charge in [-0.1, -0.05) is 23.7 Å². The molecule has 0 aliphatic heterocycles. The molecule has 0 unspecified atom stereocenters. The van der Waals surface area contributed by atoms with Crippen LogP contribution in [0.25, 0.3) is 0 Å². The van der Waals surface area contributed by atoms with Gasteiger partial charge in [0.1, 0.15) is 11.4 Å². The van der Waals surface area contributed by atoms with Crippen molar-refractivity contribution in [1.29, 1.82) is 0 Å². The smallest absolute Gasteiger partial charge is 0.407 e. The molecule has 0 aromatic heterocycles. The first-order chi connectivity index (χ1) is 10.2. The molecule has 1 aliphatic carbocycles. The molecule has 22 heavy (non-hydrogen) atoms. The van der Waals surface area contributed by atoms with Crippen LogP contribution >= 0.6 is 11.6 Å². The van der Waals surface area contributed by atoms with Gasteiger partial charge in [-0.25, -0.2) is 9.18 Å². The van der Waals surface area contributed by atoms with Gasteiger partial charge in [-0.15, -0.1) is 0 Å². The van der Waals surface area contributed by atoms with Gasteiger partial charge in [0.2, 0.25) is 0 Å². The van der Waals surface area contributed by atoms with Crippen molar-refractivity contribution in [2.75, 3.05) is 0 Å². The molecule has 0 saturated heterocycles. The fourth-order valence-electron chi connectivity index (χ4n) is 2.32. The van der Waals surface area contributed by atoms with E-state index in [1.807, 2.05) is 20.8 Å². The largest absolute Gasteiger partial charge is 0.444 e. The molecule has 6 heteroatoms. The number of halogens is 2. The fraction of sp³-hybridized carbons (Fsp3) is 0.562. The van der Waals surface area contributed by atoms with Gasteiger partial charge in [0.25, 0.3) is 0 Å². The fourth-order valence-corrected chi connectivity index (χ4v) is 2.51. The Hall–Kier alpha value is -1.33. The third-order valence-electron chi connectivity index (χ3n) is 3.47. The summed E-state index contributed by atoms with van der Waals surface area (Å²) in [4.78, 5) is 11.6. The van der Waals surface area contributed by atoms with Crippen LogP contribution in [0.5, 0.6) is 0 Å². The van der Waals surface area contributed by atoms with Crippen molar-refractivity contribution < 1.29 is 13.9 Å². The predicted molar refractivity (Wildman–Crippen MR) is 84.4 cm³/mol. The molecule has 1 aliphatic rings. The van der Waals surface area contributed by atoms with Gasteiger partial charge in [-0.3, -0.25) is 0 Å². The summed E-state index contributed by atoms with van der Waals surface area (Å²) >= 11 is 5.75. The van der Waals surface area contributed by atoms with Gasteiger partial charge in [0.15, 0.2) is 0 Å². The molecule has 1 saturated carbocycles. The predicted octanol–water partition coefficient (Wildman–Crippen LogP) is 3.62. The van der Waals surface area contributed by atoms with Gasteiger partial charge < -0.3 is 15.4 Å². The molecule has 2 N–H and O–H groups in total. The van der Waals surface area contributed by atoms with E-state index in [4.69, 9.17) is 16.3 Å². The average molecular weight is 329 g/mol. The van der Waals surface area contributed by atoms with Crippen LogP contribution in [0.3, 0.4) is 0 Å². The van der Waals surface area contributed by atoms with Gasteiger partial charge in [0.05, 0.1) is 5.02 Å². The molecule has 1 aromatic carbocycles. The Balaban J connectivity index is 1.69. The van der Waals surface area contributed by atoms with E-state index in [-0.39, 0.29) is 22.9 Å². The molecule has 0 bridgehead atoms. The van der Waals surface area contributed by atoms with Crippen molar-refractivity contribution in [3.05, 3.63) is 34.6 Å². The summed E-state index contributed by atoms with van der Waals surface area (Å²) in [6.07, 6.45) is 1.22.